The van der Waals surface area contributed by atoms with Gasteiger partial charge in [-0.15, -0.1) is 0 Å². The summed E-state index contributed by atoms with van der Waals surface area (Å²) < 4.78 is 0. The summed E-state index contributed by atoms with van der Waals surface area (Å²) in [6.45, 7) is 3.43. The number of aromatic amines is 1. The zero-order valence-electron chi connectivity index (χ0n) is 22.9. The van der Waals surface area contributed by atoms with Crippen LogP contribution in [0.25, 0.3) is 10.9 Å². The van der Waals surface area contributed by atoms with Crippen LogP contribution in [0.3, 0.4) is 0 Å². The van der Waals surface area contributed by atoms with E-state index in [0.717, 1.165) is 16.5 Å². The number of carbonyl (C=O) groups excluding carboxylic acids is 3. The number of amides is 3. The molecule has 0 saturated carbocycles. The van der Waals surface area contributed by atoms with Crippen LogP contribution in [0.5, 0.6) is 0 Å². The zero-order chi connectivity index (χ0) is 29.8. The second kappa shape index (κ2) is 15.4. The Morgan fingerprint density at radius 2 is 1.62 bits per heavy atom. The van der Waals surface area contributed by atoms with Crippen molar-refractivity contribution in [3.05, 3.63) is 36.0 Å². The number of quaternary nitrogens is 1. The largest absolute Gasteiger partial charge is 0.480 e. The number of nitrogens with two attached hydrogens (primary N) is 2. The van der Waals surface area contributed by atoms with Crippen LogP contribution in [-0.4, -0.2) is 82.2 Å². The van der Waals surface area contributed by atoms with Crippen molar-refractivity contribution in [2.45, 2.75) is 63.7 Å². The lowest BCUT2D eigenvalue weighted by Crippen LogP contribution is -2.78. The number of nitrogens with one attached hydrogen (secondary N) is 5. The van der Waals surface area contributed by atoms with Gasteiger partial charge in [-0.3, -0.25) is 30.8 Å². The van der Waals surface area contributed by atoms with Gasteiger partial charge in [-0.2, -0.15) is 0 Å². The van der Waals surface area contributed by atoms with E-state index in [2.05, 4.69) is 31.7 Å². The van der Waals surface area contributed by atoms with Crippen molar-refractivity contribution >= 4 is 40.6 Å². The summed E-state index contributed by atoms with van der Waals surface area (Å²) in [5.74, 6) is -3.11. The zero-order valence-corrected chi connectivity index (χ0v) is 22.9. The molecule has 1 heterocycles. The van der Waals surface area contributed by atoms with Gasteiger partial charge in [0, 0.05) is 29.9 Å². The molecule has 3 amide bonds. The molecule has 40 heavy (non-hydrogen) atoms. The molecule has 1 aromatic heterocycles. The molecule has 0 saturated heterocycles. The Morgan fingerprint density at radius 1 is 1.00 bits per heavy atom. The molecule has 14 N–H and O–H groups in total. The lowest BCUT2D eigenvalue weighted by Gasteiger charge is -2.25. The third-order valence-corrected chi connectivity index (χ3v) is 6.30. The number of aliphatic carboxylic acids is 1. The van der Waals surface area contributed by atoms with Crippen LogP contribution in [0.15, 0.2) is 30.5 Å². The highest BCUT2D eigenvalue weighted by atomic mass is 16.4. The van der Waals surface area contributed by atoms with E-state index < -0.39 is 54.5 Å². The van der Waals surface area contributed by atoms with Crippen molar-refractivity contribution in [1.82, 2.24) is 20.9 Å². The minimum absolute atomic E-state index is 0.0262. The summed E-state index contributed by atoms with van der Waals surface area (Å²) in [6, 6.07) is 3.07. The van der Waals surface area contributed by atoms with Crippen LogP contribution in [0.2, 0.25) is 0 Å². The maximum absolute atomic E-state index is 13.4. The number of aromatic nitrogens is 1. The number of hydrogen-bond acceptors (Lipinski definition) is 5. The highest BCUT2D eigenvalue weighted by Gasteiger charge is 2.31. The van der Waals surface area contributed by atoms with Crippen LogP contribution in [0.4, 0.5) is 0 Å². The Kier molecular flexibility index (Phi) is 12.4. The van der Waals surface area contributed by atoms with E-state index in [4.69, 9.17) is 11.5 Å². The van der Waals surface area contributed by atoms with Crippen LogP contribution in [0.1, 0.15) is 38.7 Å². The number of para-hydroxylation sites is 1. The number of fused-ring (bicyclic) bond motifs is 1. The fraction of sp³-hybridized carbons (Fsp3) is 0.500. The number of hydrogen-bond donors (Lipinski definition) is 10. The Balaban J connectivity index is 2.22. The Morgan fingerprint density at radius 3 is 2.25 bits per heavy atom. The van der Waals surface area contributed by atoms with Crippen molar-refractivity contribution in [1.29, 1.82) is 0 Å². The monoisotopic (exact) mass is 562 g/mol. The number of aliphatic hydroxyl groups is 1. The lowest BCUT2D eigenvalue weighted by atomic mass is 10.00. The second-order valence-electron chi connectivity index (χ2n) is 10.1. The van der Waals surface area contributed by atoms with Crippen molar-refractivity contribution in [3.8, 4) is 0 Å². The molecule has 0 unspecified atom stereocenters. The van der Waals surface area contributed by atoms with Gasteiger partial charge >= 0.3 is 11.9 Å². The van der Waals surface area contributed by atoms with Crippen molar-refractivity contribution in [2.24, 2.45) is 17.4 Å². The molecule has 0 radical (unpaired) electrons. The van der Waals surface area contributed by atoms with Gasteiger partial charge in [-0.05, 0) is 30.4 Å². The average molecular weight is 563 g/mol. The van der Waals surface area contributed by atoms with Crippen molar-refractivity contribution in [2.75, 3.05) is 13.2 Å². The molecule has 2 aromatic rings. The van der Waals surface area contributed by atoms with E-state index in [9.17, 15) is 29.4 Å². The molecule has 0 bridgehead atoms. The lowest BCUT2D eigenvalue weighted by molar-refractivity contribution is -0.463. The first-order valence-corrected chi connectivity index (χ1v) is 13.2. The summed E-state index contributed by atoms with van der Waals surface area (Å²) in [7, 11) is 0. The molecular formula is C26H42N8O6+2. The maximum atomic E-state index is 13.4. The number of aliphatic hydroxyl groups excluding tert-OH is 1. The molecule has 4 atom stereocenters. The highest BCUT2D eigenvalue weighted by Crippen LogP contribution is 2.19. The average Bonchev–Trinajstić information content (AvgIpc) is 3.30. The summed E-state index contributed by atoms with van der Waals surface area (Å²) in [5.41, 5.74) is 16.2. The number of carboxylic acid groups (broad SMARTS) is 1. The van der Waals surface area contributed by atoms with Gasteiger partial charge < -0.3 is 36.9 Å². The summed E-state index contributed by atoms with van der Waals surface area (Å²) >= 11 is 0. The quantitative estimate of drug-likeness (QED) is 0.0547. The molecule has 0 aliphatic heterocycles. The molecule has 1 aromatic carbocycles. The van der Waals surface area contributed by atoms with E-state index in [1.54, 1.807) is 6.20 Å². The molecule has 2 rings (SSSR count). The fourth-order valence-corrected chi connectivity index (χ4v) is 4.16. The van der Waals surface area contributed by atoms with Gasteiger partial charge in [0.1, 0.15) is 18.1 Å². The van der Waals surface area contributed by atoms with Gasteiger partial charge in [0.15, 0.2) is 6.04 Å². The summed E-state index contributed by atoms with van der Waals surface area (Å²) in [4.78, 5) is 56.7. The molecule has 14 heteroatoms. The van der Waals surface area contributed by atoms with Gasteiger partial charge in [0.05, 0.1) is 13.2 Å². The van der Waals surface area contributed by atoms with Gasteiger partial charge in [0.25, 0.3) is 5.91 Å². The molecule has 0 spiro atoms. The number of guanidine groups is 1. The predicted molar refractivity (Wildman–Crippen MR) is 147 cm³/mol. The fourth-order valence-electron chi connectivity index (χ4n) is 4.16. The number of carbonyl (C=O) groups is 4. The molecule has 220 valence electrons. The first-order chi connectivity index (χ1) is 18.9. The molecule has 0 fully saturated rings. The van der Waals surface area contributed by atoms with Gasteiger partial charge in [0.2, 0.25) is 11.8 Å². The van der Waals surface area contributed by atoms with E-state index >= 15 is 0 Å². The molecular weight excluding hydrogens is 520 g/mol. The van der Waals surface area contributed by atoms with E-state index in [1.165, 1.54) is 0 Å². The first kappa shape index (κ1) is 32.0. The van der Waals surface area contributed by atoms with Crippen LogP contribution in [0, 0.1) is 5.92 Å². The highest BCUT2D eigenvalue weighted by molar-refractivity contribution is 5.94. The number of benzene rings is 1. The van der Waals surface area contributed by atoms with E-state index in [1.807, 2.05) is 38.1 Å². The minimum atomic E-state index is -1.55. The van der Waals surface area contributed by atoms with E-state index in [-0.39, 0.29) is 18.3 Å². The number of H-pyrrole nitrogens is 1. The topological polar surface area (TPSA) is 254 Å². The van der Waals surface area contributed by atoms with Crippen LogP contribution < -0.4 is 38.1 Å². The number of rotatable bonds is 16. The van der Waals surface area contributed by atoms with Gasteiger partial charge in [-0.1, -0.05) is 32.0 Å². The van der Waals surface area contributed by atoms with Crippen LogP contribution >= 0.6 is 0 Å². The molecule has 0 aliphatic carbocycles. The Hall–Kier alpha value is -4.17. The maximum Gasteiger partial charge on any atom is 0.338 e. The van der Waals surface area contributed by atoms with Crippen LogP contribution in [-0.2, 0) is 25.6 Å². The molecule has 0 aliphatic rings. The predicted octanol–water partition coefficient (Wildman–Crippen LogP) is -3.97. The normalized spacial score (nSPS) is 14.1. The van der Waals surface area contributed by atoms with E-state index in [0.29, 0.717) is 25.8 Å². The minimum Gasteiger partial charge on any atom is -0.480 e. The summed E-state index contributed by atoms with van der Waals surface area (Å²) in [5, 5.41) is 27.2. The molecule has 14 nitrogen and oxygen atoms in total. The Bertz CT molecular complexity index is 1190. The number of carboxylic acids is 1. The standard InChI is InChI=1S/C26H40N8O6/c1-14(2)10-19(32-22(36)17(27)7-5-9-30-26(28)29)23(37)33-20(24(38)34-21(13-35)25(39)40)11-15-12-31-18-8-4-3-6-16(15)18/h3-4,6,8,12,14,17,19-21,31,35H,5,7,9-11,13,27H2,1-2H3,(H,32,36)(H,33,37)(H,34,38)(H,39,40)(H4,28,29,30)/p+2/t17-,19-,20-,21-/m0/s1. The summed E-state index contributed by atoms with van der Waals surface area (Å²) in [6.07, 6.45) is 3.03. The Labute approximate surface area is 232 Å². The second-order valence-corrected chi connectivity index (χ2v) is 10.1. The smallest absolute Gasteiger partial charge is 0.338 e. The van der Waals surface area contributed by atoms with Gasteiger partial charge in [-0.25, -0.2) is 4.79 Å². The third kappa shape index (κ3) is 9.85. The third-order valence-electron chi connectivity index (χ3n) is 6.30. The SMILES string of the molecule is CC(C)C[C@H](NC(=O)[C@@H]([NH3+])CCC[NH+]=C(N)N)C(=O)N[C@@H](Cc1c[nH]c2ccccc12)C(=O)N[C@@H](CO)C(=O)O. The van der Waals surface area contributed by atoms with Crippen molar-refractivity contribution in [3.63, 3.8) is 0 Å². The first-order valence-electron chi connectivity index (χ1n) is 13.2. The van der Waals surface area contributed by atoms with Crippen molar-refractivity contribution < 1.29 is 40.1 Å².